The van der Waals surface area contributed by atoms with Gasteiger partial charge in [0.1, 0.15) is 5.75 Å². The molecular weight excluding hydrogens is 320 g/mol. The van der Waals surface area contributed by atoms with Crippen LogP contribution in [0, 0.1) is 0 Å². The first-order chi connectivity index (χ1) is 11.8. The number of amidine groups is 1. The van der Waals surface area contributed by atoms with Crippen LogP contribution in [0.2, 0.25) is 0 Å². The molecule has 0 N–H and O–H groups in total. The Morgan fingerprint density at radius 3 is 2.67 bits per heavy atom. The van der Waals surface area contributed by atoms with Gasteiger partial charge in [-0.25, -0.2) is 0 Å². The zero-order valence-corrected chi connectivity index (χ0v) is 15.0. The van der Waals surface area contributed by atoms with Crippen molar-refractivity contribution >= 4 is 28.9 Å². The SMILES string of the molecule is CCCCOc1ccc(C=C2SC(N3CCCCC3)=NC2=O)cc1. The highest BCUT2D eigenvalue weighted by Gasteiger charge is 2.26. The standard InChI is InChI=1S/C19H24N2O2S/c1-2-3-13-23-16-9-7-15(8-10-16)14-17-18(22)20-19(24-17)21-11-5-4-6-12-21/h7-10,14H,2-6,11-13H2,1H3. The normalized spacial score (nSPS) is 19.7. The van der Waals surface area contributed by atoms with Crippen LogP contribution < -0.4 is 4.74 Å². The molecule has 0 aromatic heterocycles. The highest BCUT2D eigenvalue weighted by atomic mass is 32.2. The van der Waals surface area contributed by atoms with Crippen LogP contribution in [0.1, 0.15) is 44.6 Å². The van der Waals surface area contributed by atoms with Gasteiger partial charge in [-0.3, -0.25) is 4.79 Å². The molecule has 1 aromatic rings. The lowest BCUT2D eigenvalue weighted by molar-refractivity contribution is -0.113. The van der Waals surface area contributed by atoms with Crippen molar-refractivity contribution in [3.63, 3.8) is 0 Å². The summed E-state index contributed by atoms with van der Waals surface area (Å²) in [5.41, 5.74) is 1.00. The van der Waals surface area contributed by atoms with Crippen LogP contribution in [-0.2, 0) is 4.79 Å². The summed E-state index contributed by atoms with van der Waals surface area (Å²) in [7, 11) is 0. The van der Waals surface area contributed by atoms with Gasteiger partial charge in [0.2, 0.25) is 0 Å². The molecule has 0 atom stereocenters. The summed E-state index contributed by atoms with van der Waals surface area (Å²) in [6.07, 6.45) is 7.76. The van der Waals surface area contributed by atoms with Gasteiger partial charge in [0.15, 0.2) is 5.17 Å². The molecule has 0 spiro atoms. The number of amides is 1. The van der Waals surface area contributed by atoms with E-state index >= 15 is 0 Å². The summed E-state index contributed by atoms with van der Waals surface area (Å²) < 4.78 is 5.67. The maximum atomic E-state index is 12.1. The number of piperidine rings is 1. The van der Waals surface area contributed by atoms with Gasteiger partial charge in [0.05, 0.1) is 11.5 Å². The van der Waals surface area contributed by atoms with Crippen LogP contribution in [0.15, 0.2) is 34.2 Å². The average Bonchev–Trinajstić information content (AvgIpc) is 2.98. The molecule has 0 radical (unpaired) electrons. The Hall–Kier alpha value is -1.75. The number of aliphatic imine (C=N–C) groups is 1. The molecule has 2 aliphatic heterocycles. The number of ether oxygens (including phenoxy) is 1. The zero-order chi connectivity index (χ0) is 16.8. The van der Waals surface area contributed by atoms with Crippen molar-refractivity contribution < 1.29 is 9.53 Å². The van der Waals surface area contributed by atoms with Crippen LogP contribution in [-0.4, -0.2) is 35.7 Å². The van der Waals surface area contributed by atoms with Crippen molar-refractivity contribution in [3.8, 4) is 5.75 Å². The summed E-state index contributed by atoms with van der Waals surface area (Å²) >= 11 is 1.50. The number of likely N-dealkylation sites (tertiary alicyclic amines) is 1. The van der Waals surface area contributed by atoms with E-state index in [1.165, 1.54) is 31.0 Å². The highest BCUT2D eigenvalue weighted by Crippen LogP contribution is 2.31. The third-order valence-corrected chi connectivity index (χ3v) is 5.22. The Balaban J connectivity index is 1.61. The minimum absolute atomic E-state index is 0.121. The highest BCUT2D eigenvalue weighted by molar-refractivity contribution is 8.18. The molecule has 0 unspecified atom stereocenters. The van der Waals surface area contributed by atoms with E-state index in [2.05, 4.69) is 16.8 Å². The van der Waals surface area contributed by atoms with Gasteiger partial charge in [0, 0.05) is 13.1 Å². The second-order valence-corrected chi connectivity index (χ2v) is 7.14. The number of hydrogen-bond acceptors (Lipinski definition) is 4. The predicted octanol–water partition coefficient (Wildman–Crippen LogP) is 4.32. The Morgan fingerprint density at radius 2 is 1.96 bits per heavy atom. The number of carbonyl (C=O) groups is 1. The third kappa shape index (κ3) is 4.41. The average molecular weight is 344 g/mol. The number of rotatable bonds is 5. The first-order valence-electron chi connectivity index (χ1n) is 8.76. The summed E-state index contributed by atoms with van der Waals surface area (Å²) in [5, 5.41) is 0.866. The lowest BCUT2D eigenvalue weighted by Crippen LogP contribution is -2.33. The van der Waals surface area contributed by atoms with Gasteiger partial charge < -0.3 is 9.64 Å². The fourth-order valence-electron chi connectivity index (χ4n) is 2.76. The molecule has 128 valence electrons. The quantitative estimate of drug-likeness (QED) is 0.589. The number of carbonyl (C=O) groups excluding carboxylic acids is 1. The fraction of sp³-hybridized carbons (Fsp3) is 0.474. The van der Waals surface area contributed by atoms with E-state index in [4.69, 9.17) is 4.74 Å². The molecule has 24 heavy (non-hydrogen) atoms. The van der Waals surface area contributed by atoms with Crippen molar-refractivity contribution in [1.82, 2.24) is 4.90 Å². The topological polar surface area (TPSA) is 41.9 Å². The molecule has 2 aliphatic rings. The van der Waals surface area contributed by atoms with Crippen molar-refractivity contribution in [2.24, 2.45) is 4.99 Å². The van der Waals surface area contributed by atoms with E-state index < -0.39 is 0 Å². The molecule has 1 amide bonds. The lowest BCUT2D eigenvalue weighted by Gasteiger charge is -2.27. The summed E-state index contributed by atoms with van der Waals surface area (Å²) in [4.78, 5) is 19.3. The van der Waals surface area contributed by atoms with Crippen molar-refractivity contribution in [2.45, 2.75) is 39.0 Å². The van der Waals surface area contributed by atoms with Gasteiger partial charge in [-0.2, -0.15) is 4.99 Å². The fourth-order valence-corrected chi connectivity index (χ4v) is 3.73. The van der Waals surface area contributed by atoms with Gasteiger partial charge in [0.25, 0.3) is 5.91 Å². The van der Waals surface area contributed by atoms with E-state index in [0.29, 0.717) is 4.91 Å². The van der Waals surface area contributed by atoms with Crippen molar-refractivity contribution in [3.05, 3.63) is 34.7 Å². The number of benzene rings is 1. The molecule has 3 rings (SSSR count). The third-order valence-electron chi connectivity index (χ3n) is 4.18. The van der Waals surface area contributed by atoms with Crippen LogP contribution in [0.3, 0.4) is 0 Å². The summed E-state index contributed by atoms with van der Waals surface area (Å²) in [6.45, 7) is 4.92. The molecule has 4 nitrogen and oxygen atoms in total. The number of nitrogens with zero attached hydrogens (tertiary/aromatic N) is 2. The first-order valence-corrected chi connectivity index (χ1v) is 9.58. The zero-order valence-electron chi connectivity index (χ0n) is 14.2. The van der Waals surface area contributed by atoms with Gasteiger partial charge in [-0.15, -0.1) is 0 Å². The Kier molecular flexibility index (Phi) is 5.96. The van der Waals surface area contributed by atoms with E-state index in [0.717, 1.165) is 49.0 Å². The maximum absolute atomic E-state index is 12.1. The largest absolute Gasteiger partial charge is 0.494 e. The second kappa shape index (κ2) is 8.38. The van der Waals surface area contributed by atoms with Crippen LogP contribution in [0.4, 0.5) is 0 Å². The minimum Gasteiger partial charge on any atom is -0.494 e. The maximum Gasteiger partial charge on any atom is 0.286 e. The molecule has 5 heteroatoms. The van der Waals surface area contributed by atoms with Gasteiger partial charge in [-0.05, 0) is 61.2 Å². The van der Waals surface area contributed by atoms with E-state index in [1.807, 2.05) is 30.3 Å². The minimum atomic E-state index is -0.121. The number of hydrogen-bond donors (Lipinski definition) is 0. The van der Waals surface area contributed by atoms with Crippen molar-refractivity contribution in [2.75, 3.05) is 19.7 Å². The molecule has 0 saturated carbocycles. The number of thioether (sulfide) groups is 1. The Morgan fingerprint density at radius 1 is 1.21 bits per heavy atom. The molecule has 0 bridgehead atoms. The first kappa shape index (κ1) is 17.1. The Bertz CT molecular complexity index is 631. The monoisotopic (exact) mass is 344 g/mol. The lowest BCUT2D eigenvalue weighted by atomic mass is 10.1. The summed E-state index contributed by atoms with van der Waals surface area (Å²) in [5.74, 6) is 0.755. The van der Waals surface area contributed by atoms with Gasteiger partial charge >= 0.3 is 0 Å². The molecule has 1 saturated heterocycles. The number of unbranched alkanes of at least 4 members (excludes halogenated alkanes) is 1. The molecular formula is C19H24N2O2S. The van der Waals surface area contributed by atoms with Gasteiger partial charge in [-0.1, -0.05) is 25.5 Å². The van der Waals surface area contributed by atoms with Crippen LogP contribution >= 0.6 is 11.8 Å². The Labute approximate surface area is 148 Å². The van der Waals surface area contributed by atoms with E-state index in [9.17, 15) is 4.79 Å². The molecule has 0 aliphatic carbocycles. The predicted molar refractivity (Wildman–Crippen MR) is 100 cm³/mol. The molecule has 1 aromatic carbocycles. The van der Waals surface area contributed by atoms with E-state index in [-0.39, 0.29) is 5.91 Å². The van der Waals surface area contributed by atoms with Crippen LogP contribution in [0.25, 0.3) is 6.08 Å². The summed E-state index contributed by atoms with van der Waals surface area (Å²) in [6, 6.07) is 7.89. The van der Waals surface area contributed by atoms with Crippen molar-refractivity contribution in [1.29, 1.82) is 0 Å². The molecule has 2 heterocycles. The van der Waals surface area contributed by atoms with Crippen LogP contribution in [0.5, 0.6) is 5.75 Å². The van der Waals surface area contributed by atoms with E-state index in [1.54, 1.807) is 0 Å². The smallest absolute Gasteiger partial charge is 0.286 e. The molecule has 1 fully saturated rings. The second-order valence-electron chi connectivity index (χ2n) is 6.13.